The molecule has 0 aliphatic rings. The third kappa shape index (κ3) is 3.05. The SMILES string of the molecule is O=C(Nc1ccccc1)Nc1ccc([N+](=O)[O-])s1. The van der Waals surface area contributed by atoms with E-state index < -0.39 is 11.0 Å². The van der Waals surface area contributed by atoms with E-state index in [0.717, 1.165) is 11.3 Å². The number of amides is 2. The van der Waals surface area contributed by atoms with E-state index in [1.54, 1.807) is 24.3 Å². The van der Waals surface area contributed by atoms with E-state index in [1.165, 1.54) is 12.1 Å². The number of carbonyl (C=O) groups excluding carboxylic acids is 1. The Morgan fingerprint density at radius 1 is 1.11 bits per heavy atom. The fraction of sp³-hybridized carbons (Fsp3) is 0. The quantitative estimate of drug-likeness (QED) is 0.658. The molecule has 18 heavy (non-hydrogen) atoms. The van der Waals surface area contributed by atoms with Gasteiger partial charge in [-0.3, -0.25) is 15.4 Å². The molecule has 0 aliphatic carbocycles. The van der Waals surface area contributed by atoms with Crippen molar-refractivity contribution in [3.8, 4) is 0 Å². The highest BCUT2D eigenvalue weighted by atomic mass is 32.1. The molecule has 0 aliphatic heterocycles. The number of hydrogen-bond donors (Lipinski definition) is 2. The molecule has 92 valence electrons. The van der Waals surface area contributed by atoms with Gasteiger partial charge >= 0.3 is 11.0 Å². The molecule has 7 heteroatoms. The maximum absolute atomic E-state index is 11.6. The molecule has 2 aromatic rings. The first-order chi connectivity index (χ1) is 8.65. The number of rotatable bonds is 3. The summed E-state index contributed by atoms with van der Waals surface area (Å²) in [6.45, 7) is 0. The average Bonchev–Trinajstić information content (AvgIpc) is 2.78. The number of nitro groups is 1. The highest BCUT2D eigenvalue weighted by Crippen LogP contribution is 2.28. The van der Waals surface area contributed by atoms with Crippen LogP contribution in [-0.2, 0) is 0 Å². The second-order valence-corrected chi connectivity index (χ2v) is 4.40. The minimum absolute atomic E-state index is 0.00925. The molecule has 0 bridgehead atoms. The van der Waals surface area contributed by atoms with Gasteiger partial charge in [0.15, 0.2) is 0 Å². The molecule has 2 N–H and O–H groups in total. The molecule has 0 atom stereocenters. The van der Waals surface area contributed by atoms with Crippen molar-refractivity contribution in [2.45, 2.75) is 0 Å². The average molecular weight is 263 g/mol. The summed E-state index contributed by atoms with van der Waals surface area (Å²) in [6.07, 6.45) is 0. The van der Waals surface area contributed by atoms with E-state index in [9.17, 15) is 14.9 Å². The number of thiophene rings is 1. The van der Waals surface area contributed by atoms with Crippen molar-refractivity contribution < 1.29 is 9.72 Å². The topological polar surface area (TPSA) is 84.3 Å². The van der Waals surface area contributed by atoms with E-state index in [4.69, 9.17) is 0 Å². The van der Waals surface area contributed by atoms with Crippen molar-refractivity contribution in [3.63, 3.8) is 0 Å². The summed E-state index contributed by atoms with van der Waals surface area (Å²) in [6, 6.07) is 11.3. The molecule has 2 amide bonds. The van der Waals surface area contributed by atoms with Crippen LogP contribution in [0.3, 0.4) is 0 Å². The van der Waals surface area contributed by atoms with Crippen molar-refractivity contribution in [2.24, 2.45) is 0 Å². The van der Waals surface area contributed by atoms with Crippen LogP contribution >= 0.6 is 11.3 Å². The third-order valence-electron chi connectivity index (χ3n) is 2.04. The van der Waals surface area contributed by atoms with Gasteiger partial charge in [0.1, 0.15) is 5.00 Å². The number of nitrogens with one attached hydrogen (secondary N) is 2. The largest absolute Gasteiger partial charge is 0.326 e. The summed E-state index contributed by atoms with van der Waals surface area (Å²) in [7, 11) is 0. The molecule has 0 radical (unpaired) electrons. The molecule has 2 rings (SSSR count). The van der Waals surface area contributed by atoms with E-state index >= 15 is 0 Å². The van der Waals surface area contributed by atoms with Gasteiger partial charge in [-0.25, -0.2) is 4.79 Å². The fourth-order valence-corrected chi connectivity index (χ4v) is 2.00. The van der Waals surface area contributed by atoms with E-state index in [1.807, 2.05) is 6.07 Å². The monoisotopic (exact) mass is 263 g/mol. The highest BCUT2D eigenvalue weighted by molar-refractivity contribution is 7.19. The zero-order valence-corrected chi connectivity index (χ0v) is 9.94. The molecule has 0 unspecified atom stereocenters. The zero-order valence-electron chi connectivity index (χ0n) is 9.12. The van der Waals surface area contributed by atoms with Gasteiger partial charge in [-0.2, -0.15) is 0 Å². The molecule has 6 nitrogen and oxygen atoms in total. The molecule has 1 aromatic heterocycles. The Bertz CT molecular complexity index is 568. The Kier molecular flexibility index (Phi) is 3.54. The lowest BCUT2D eigenvalue weighted by atomic mass is 10.3. The summed E-state index contributed by atoms with van der Waals surface area (Å²) in [4.78, 5) is 21.6. The highest BCUT2D eigenvalue weighted by Gasteiger charge is 2.11. The Morgan fingerprint density at radius 3 is 2.44 bits per heavy atom. The first-order valence-electron chi connectivity index (χ1n) is 5.02. The van der Waals surface area contributed by atoms with Crippen molar-refractivity contribution in [1.82, 2.24) is 0 Å². The van der Waals surface area contributed by atoms with Crippen LogP contribution in [0.25, 0.3) is 0 Å². The summed E-state index contributed by atoms with van der Waals surface area (Å²) >= 11 is 0.909. The van der Waals surface area contributed by atoms with Crippen LogP contribution in [0.15, 0.2) is 42.5 Å². The van der Waals surface area contributed by atoms with E-state index in [0.29, 0.717) is 10.7 Å². The number of para-hydroxylation sites is 1. The number of hydrogen-bond acceptors (Lipinski definition) is 4. The maximum Gasteiger partial charge on any atom is 0.326 e. The van der Waals surface area contributed by atoms with Crippen molar-refractivity contribution in [1.29, 1.82) is 0 Å². The normalized spacial score (nSPS) is 9.78. The zero-order chi connectivity index (χ0) is 13.0. The molecule has 1 heterocycles. The van der Waals surface area contributed by atoms with Crippen LogP contribution in [0, 0.1) is 10.1 Å². The van der Waals surface area contributed by atoms with Crippen molar-refractivity contribution in [2.75, 3.05) is 10.6 Å². The van der Waals surface area contributed by atoms with Gasteiger partial charge in [0.25, 0.3) is 0 Å². The number of urea groups is 1. The standard InChI is InChI=1S/C11H9N3O3S/c15-11(12-8-4-2-1-3-5-8)13-9-6-7-10(18-9)14(16)17/h1-7H,(H2,12,13,15). The van der Waals surface area contributed by atoms with Crippen LogP contribution in [0.5, 0.6) is 0 Å². The predicted octanol–water partition coefficient (Wildman–Crippen LogP) is 3.30. The molecule has 0 spiro atoms. The lowest BCUT2D eigenvalue weighted by molar-refractivity contribution is -0.380. The number of carbonyl (C=O) groups is 1. The Hall–Kier alpha value is -2.41. The molecule has 0 saturated heterocycles. The van der Waals surface area contributed by atoms with Gasteiger partial charge in [0.2, 0.25) is 0 Å². The van der Waals surface area contributed by atoms with Crippen molar-refractivity contribution >= 4 is 33.1 Å². The van der Waals surface area contributed by atoms with Crippen LogP contribution in [-0.4, -0.2) is 11.0 Å². The smallest absolute Gasteiger partial charge is 0.308 e. The van der Waals surface area contributed by atoms with Gasteiger partial charge in [-0.1, -0.05) is 18.2 Å². The minimum atomic E-state index is -0.495. The maximum atomic E-state index is 11.6. The Labute approximate surface area is 106 Å². The van der Waals surface area contributed by atoms with Gasteiger partial charge in [0, 0.05) is 11.8 Å². The first-order valence-corrected chi connectivity index (χ1v) is 5.84. The molecule has 0 saturated carbocycles. The number of benzene rings is 1. The molecule has 0 fully saturated rings. The van der Waals surface area contributed by atoms with E-state index in [-0.39, 0.29) is 5.00 Å². The van der Waals surface area contributed by atoms with Crippen LogP contribution in [0.4, 0.5) is 20.5 Å². The molecular weight excluding hydrogens is 254 g/mol. The summed E-state index contributed by atoms with van der Waals surface area (Å²) in [5.74, 6) is 0. The Balaban J connectivity index is 1.97. The molecular formula is C11H9N3O3S. The molecule has 1 aromatic carbocycles. The lowest BCUT2D eigenvalue weighted by Crippen LogP contribution is -2.18. The first kappa shape index (κ1) is 12.1. The second-order valence-electron chi connectivity index (χ2n) is 3.34. The van der Waals surface area contributed by atoms with Crippen LogP contribution in [0.1, 0.15) is 0 Å². The van der Waals surface area contributed by atoms with Crippen LogP contribution < -0.4 is 10.6 Å². The summed E-state index contributed by atoms with van der Waals surface area (Å²) < 4.78 is 0. The van der Waals surface area contributed by atoms with Crippen LogP contribution in [0.2, 0.25) is 0 Å². The fourth-order valence-electron chi connectivity index (χ4n) is 1.29. The number of nitrogens with zero attached hydrogens (tertiary/aromatic N) is 1. The Morgan fingerprint density at radius 2 is 1.83 bits per heavy atom. The van der Waals surface area contributed by atoms with Crippen molar-refractivity contribution in [3.05, 3.63) is 52.6 Å². The third-order valence-corrected chi connectivity index (χ3v) is 2.99. The lowest BCUT2D eigenvalue weighted by Gasteiger charge is -2.04. The summed E-state index contributed by atoms with van der Waals surface area (Å²) in [5, 5.41) is 16.0. The predicted molar refractivity (Wildman–Crippen MR) is 70.1 cm³/mol. The summed E-state index contributed by atoms with van der Waals surface area (Å²) in [5.41, 5.74) is 0.654. The van der Waals surface area contributed by atoms with Gasteiger partial charge in [0.05, 0.1) is 4.92 Å². The number of anilines is 2. The van der Waals surface area contributed by atoms with Gasteiger partial charge in [-0.05, 0) is 29.5 Å². The van der Waals surface area contributed by atoms with Gasteiger partial charge < -0.3 is 5.32 Å². The minimum Gasteiger partial charge on any atom is -0.308 e. The van der Waals surface area contributed by atoms with E-state index in [2.05, 4.69) is 10.6 Å². The second kappa shape index (κ2) is 5.28. The van der Waals surface area contributed by atoms with Gasteiger partial charge in [-0.15, -0.1) is 0 Å².